The summed E-state index contributed by atoms with van der Waals surface area (Å²) in [6, 6.07) is 8.56. The largest absolute Gasteiger partial charge is 0.381 e. The zero-order chi connectivity index (χ0) is 17.4. The van der Waals surface area contributed by atoms with Crippen molar-refractivity contribution >= 4 is 17.2 Å². The van der Waals surface area contributed by atoms with Gasteiger partial charge < -0.3 is 9.64 Å². The minimum Gasteiger partial charge on any atom is -0.381 e. The van der Waals surface area contributed by atoms with Crippen molar-refractivity contribution in [2.45, 2.75) is 32.2 Å². The Morgan fingerprint density at radius 1 is 1.24 bits per heavy atom. The number of hydrogen-bond acceptors (Lipinski definition) is 3. The Morgan fingerprint density at radius 2 is 1.96 bits per heavy atom. The second-order valence-electron chi connectivity index (χ2n) is 7.27. The van der Waals surface area contributed by atoms with E-state index in [2.05, 4.69) is 6.92 Å². The predicted octanol–water partition coefficient (Wildman–Crippen LogP) is 4.59. The van der Waals surface area contributed by atoms with E-state index in [-0.39, 0.29) is 23.2 Å². The lowest BCUT2D eigenvalue weighted by molar-refractivity contribution is 0.0190. The van der Waals surface area contributed by atoms with Crippen molar-refractivity contribution < 1.29 is 13.9 Å². The van der Waals surface area contributed by atoms with E-state index in [9.17, 15) is 9.18 Å². The van der Waals surface area contributed by atoms with Gasteiger partial charge >= 0.3 is 0 Å². The Hall–Kier alpha value is -1.72. The molecule has 5 heteroatoms. The average molecular weight is 359 g/mol. The second kappa shape index (κ2) is 6.54. The fraction of sp³-hybridized carbons (Fsp3) is 0.450. The van der Waals surface area contributed by atoms with E-state index in [0.717, 1.165) is 55.0 Å². The van der Waals surface area contributed by atoms with Crippen LogP contribution < -0.4 is 0 Å². The van der Waals surface area contributed by atoms with Crippen LogP contribution in [-0.2, 0) is 4.74 Å². The molecule has 4 rings (SSSR count). The van der Waals surface area contributed by atoms with Crippen LogP contribution in [0.5, 0.6) is 0 Å². The summed E-state index contributed by atoms with van der Waals surface area (Å²) in [6.45, 7) is 4.56. The number of amides is 1. The topological polar surface area (TPSA) is 29.5 Å². The van der Waals surface area contributed by atoms with Crippen molar-refractivity contribution in [1.29, 1.82) is 0 Å². The van der Waals surface area contributed by atoms with Crippen LogP contribution in [0.2, 0.25) is 0 Å². The number of halogens is 1. The fourth-order valence-electron chi connectivity index (χ4n) is 4.22. The Labute approximate surface area is 151 Å². The number of carbonyl (C=O) groups is 1. The lowest BCUT2D eigenvalue weighted by Gasteiger charge is -2.33. The number of thiophene rings is 1. The number of nitrogens with zero attached hydrogens (tertiary/aromatic N) is 1. The first-order chi connectivity index (χ1) is 12.1. The molecule has 0 bridgehead atoms. The van der Waals surface area contributed by atoms with Gasteiger partial charge in [0, 0.05) is 31.4 Å². The Bertz CT molecular complexity index is 764. The Balaban J connectivity index is 1.60. The SMILES string of the molecule is CC1CC2(CCOCC2)CN1C(=O)c1sccc1-c1ccc(F)cc1. The lowest BCUT2D eigenvalue weighted by Crippen LogP contribution is -2.37. The first kappa shape index (κ1) is 16.7. The van der Waals surface area contributed by atoms with Crippen LogP contribution in [-0.4, -0.2) is 36.6 Å². The maximum absolute atomic E-state index is 13.2. The third kappa shape index (κ3) is 3.11. The van der Waals surface area contributed by atoms with E-state index in [1.165, 1.54) is 23.5 Å². The smallest absolute Gasteiger partial charge is 0.264 e. The van der Waals surface area contributed by atoms with Gasteiger partial charge in [-0.3, -0.25) is 4.79 Å². The van der Waals surface area contributed by atoms with Gasteiger partial charge in [-0.25, -0.2) is 4.39 Å². The fourth-order valence-corrected chi connectivity index (χ4v) is 5.09. The molecule has 1 spiro atoms. The number of benzene rings is 1. The summed E-state index contributed by atoms with van der Waals surface area (Å²) >= 11 is 1.47. The zero-order valence-electron chi connectivity index (χ0n) is 14.3. The monoisotopic (exact) mass is 359 g/mol. The third-order valence-electron chi connectivity index (χ3n) is 5.60. The van der Waals surface area contributed by atoms with Gasteiger partial charge in [-0.15, -0.1) is 11.3 Å². The minimum absolute atomic E-state index is 0.102. The molecule has 0 saturated carbocycles. The quantitative estimate of drug-likeness (QED) is 0.785. The molecule has 0 N–H and O–H groups in total. The van der Waals surface area contributed by atoms with Crippen molar-refractivity contribution in [2.24, 2.45) is 5.41 Å². The molecular weight excluding hydrogens is 337 g/mol. The van der Waals surface area contributed by atoms with Crippen molar-refractivity contribution in [1.82, 2.24) is 4.90 Å². The van der Waals surface area contributed by atoms with Crippen molar-refractivity contribution in [3.05, 3.63) is 46.4 Å². The molecule has 3 nitrogen and oxygen atoms in total. The second-order valence-corrected chi connectivity index (χ2v) is 8.18. The van der Waals surface area contributed by atoms with Crippen LogP contribution in [0.1, 0.15) is 35.9 Å². The van der Waals surface area contributed by atoms with Gasteiger partial charge in [0.15, 0.2) is 0 Å². The molecule has 0 radical (unpaired) electrons. The molecule has 2 aromatic rings. The van der Waals surface area contributed by atoms with Gasteiger partial charge in [0.2, 0.25) is 0 Å². The molecule has 1 aromatic carbocycles. The number of ether oxygens (including phenoxy) is 1. The Kier molecular flexibility index (Phi) is 4.38. The highest BCUT2D eigenvalue weighted by atomic mass is 32.1. The third-order valence-corrected chi connectivity index (χ3v) is 6.50. The molecule has 25 heavy (non-hydrogen) atoms. The summed E-state index contributed by atoms with van der Waals surface area (Å²) in [7, 11) is 0. The first-order valence-electron chi connectivity index (χ1n) is 8.80. The van der Waals surface area contributed by atoms with Crippen molar-refractivity contribution in [2.75, 3.05) is 19.8 Å². The molecule has 2 fully saturated rings. The summed E-state index contributed by atoms with van der Waals surface area (Å²) in [5.41, 5.74) is 2.01. The van der Waals surface area contributed by atoms with E-state index in [4.69, 9.17) is 4.74 Å². The first-order valence-corrected chi connectivity index (χ1v) is 9.68. The van der Waals surface area contributed by atoms with Crippen LogP contribution in [0.4, 0.5) is 4.39 Å². The van der Waals surface area contributed by atoms with Crippen LogP contribution in [0.25, 0.3) is 11.1 Å². The van der Waals surface area contributed by atoms with Gasteiger partial charge in [-0.05, 0) is 60.7 Å². The standard InChI is InChI=1S/C20H22FNO2S/c1-14-12-20(7-9-24-10-8-20)13-22(14)19(23)18-17(6-11-25-18)15-2-4-16(21)5-3-15/h2-6,11,14H,7-10,12-13H2,1H3. The van der Waals surface area contributed by atoms with Gasteiger partial charge in [0.05, 0.1) is 4.88 Å². The van der Waals surface area contributed by atoms with E-state index >= 15 is 0 Å². The summed E-state index contributed by atoms with van der Waals surface area (Å²) in [6.07, 6.45) is 3.13. The molecular formula is C20H22FNO2S. The minimum atomic E-state index is -0.263. The summed E-state index contributed by atoms with van der Waals surface area (Å²) < 4.78 is 18.7. The molecule has 1 aromatic heterocycles. The summed E-state index contributed by atoms with van der Waals surface area (Å²) in [5.74, 6) is -0.160. The molecule has 1 unspecified atom stereocenters. The van der Waals surface area contributed by atoms with Crippen LogP contribution in [0.3, 0.4) is 0 Å². The molecule has 2 aliphatic rings. The van der Waals surface area contributed by atoms with Gasteiger partial charge in [0.1, 0.15) is 5.82 Å². The molecule has 132 valence electrons. The highest BCUT2D eigenvalue weighted by Crippen LogP contribution is 2.44. The maximum Gasteiger partial charge on any atom is 0.264 e. The number of hydrogen-bond donors (Lipinski definition) is 0. The van der Waals surface area contributed by atoms with Gasteiger partial charge in [-0.2, -0.15) is 0 Å². The predicted molar refractivity (Wildman–Crippen MR) is 97.3 cm³/mol. The van der Waals surface area contributed by atoms with E-state index in [1.807, 2.05) is 16.3 Å². The molecule has 1 amide bonds. The molecule has 0 aliphatic carbocycles. The van der Waals surface area contributed by atoms with Gasteiger partial charge in [-0.1, -0.05) is 12.1 Å². The van der Waals surface area contributed by atoms with Crippen molar-refractivity contribution in [3.8, 4) is 11.1 Å². The number of carbonyl (C=O) groups excluding carboxylic acids is 1. The van der Waals surface area contributed by atoms with E-state index < -0.39 is 0 Å². The van der Waals surface area contributed by atoms with Crippen molar-refractivity contribution in [3.63, 3.8) is 0 Å². The number of rotatable bonds is 2. The molecule has 2 saturated heterocycles. The Morgan fingerprint density at radius 3 is 2.68 bits per heavy atom. The van der Waals surface area contributed by atoms with Crippen LogP contribution in [0, 0.1) is 11.2 Å². The van der Waals surface area contributed by atoms with Gasteiger partial charge in [0.25, 0.3) is 5.91 Å². The molecule has 3 heterocycles. The molecule has 2 aliphatic heterocycles. The highest BCUT2D eigenvalue weighted by molar-refractivity contribution is 7.12. The van der Waals surface area contributed by atoms with E-state index in [0.29, 0.717) is 0 Å². The zero-order valence-corrected chi connectivity index (χ0v) is 15.2. The van der Waals surface area contributed by atoms with Crippen LogP contribution in [0.15, 0.2) is 35.7 Å². The number of likely N-dealkylation sites (tertiary alicyclic amines) is 1. The van der Waals surface area contributed by atoms with E-state index in [1.54, 1.807) is 12.1 Å². The summed E-state index contributed by atoms with van der Waals surface area (Å²) in [5, 5.41) is 1.94. The average Bonchev–Trinajstić information content (AvgIpc) is 3.21. The summed E-state index contributed by atoms with van der Waals surface area (Å²) in [4.78, 5) is 16.0. The highest BCUT2D eigenvalue weighted by Gasteiger charge is 2.45. The van der Waals surface area contributed by atoms with Crippen LogP contribution >= 0.6 is 11.3 Å². The molecule has 1 atom stereocenters. The maximum atomic E-state index is 13.2. The normalized spacial score (nSPS) is 22.5. The lowest BCUT2D eigenvalue weighted by atomic mass is 9.78.